The summed E-state index contributed by atoms with van der Waals surface area (Å²) in [5.41, 5.74) is -3.44. The van der Waals surface area contributed by atoms with Gasteiger partial charge in [0.05, 0.1) is 31.1 Å². The third-order valence-electron chi connectivity index (χ3n) is 14.7. The number of benzene rings is 7. The molecule has 0 fully saturated rings. The van der Waals surface area contributed by atoms with Gasteiger partial charge in [0.2, 0.25) is 0 Å². The first-order valence-electron chi connectivity index (χ1n) is 26.9. The summed E-state index contributed by atoms with van der Waals surface area (Å²) in [6, 6.07) is 58.3. The molecule has 4 heterocycles. The number of nitrogens with zero attached hydrogens (tertiary/aromatic N) is 6. The Bertz CT molecular complexity index is 5000. The van der Waals surface area contributed by atoms with Crippen LogP contribution in [0.15, 0.2) is 194 Å². The minimum Gasteiger partial charge on any atom is -0.378 e. The van der Waals surface area contributed by atoms with Crippen molar-refractivity contribution in [1.82, 2.24) is 23.1 Å². The Labute approximate surface area is 521 Å². The van der Waals surface area contributed by atoms with Gasteiger partial charge in [0.1, 0.15) is 39.0 Å². The molecule has 91 heavy (non-hydrogen) atoms. The zero-order valence-electron chi connectivity index (χ0n) is 46.7. The SMILES string of the molecule is CC(C)c1c2/c(=C(\C#N)c3nc4ccccc4s3)n(B(c3ccccc3)c3ccccc3)c(-c3cccc(OS(=O)(=O)C(F)(F)C(F)(F)C(F)(F)S(=O)(=O)NS(=O)(=O)C(F)(F)F)c3)c2/c(=C(\C#N)c2nc3ccccc3s2)n1B(c1ccccc1)c1ccccc1. The first kappa shape index (κ1) is 63.5. The summed E-state index contributed by atoms with van der Waals surface area (Å²) in [5.74, 6) is -9.77. The summed E-state index contributed by atoms with van der Waals surface area (Å²) in [6.07, 6.45) is 0. The lowest BCUT2D eigenvalue weighted by atomic mass is 9.50. The molecule has 30 heteroatoms. The Hall–Kier alpha value is -9.03. The van der Waals surface area contributed by atoms with E-state index in [1.54, 1.807) is 126 Å². The van der Waals surface area contributed by atoms with Gasteiger partial charge >= 0.3 is 55.8 Å². The van der Waals surface area contributed by atoms with Crippen LogP contribution in [0.1, 0.15) is 35.5 Å². The number of nitrogens with one attached hydrogen (secondary N) is 1. The van der Waals surface area contributed by atoms with Crippen LogP contribution in [-0.2, 0) is 30.2 Å². The van der Waals surface area contributed by atoms with Crippen LogP contribution in [0, 0.1) is 22.7 Å². The number of aromatic nitrogens is 4. The largest absolute Gasteiger partial charge is 0.512 e. The van der Waals surface area contributed by atoms with Crippen LogP contribution in [0.25, 0.3) is 53.6 Å². The van der Waals surface area contributed by atoms with E-state index in [4.69, 9.17) is 9.97 Å². The summed E-state index contributed by atoms with van der Waals surface area (Å²) in [4.78, 5) is 9.98. The average molecular weight is 1340 g/mol. The normalized spacial score (nSPS) is 13.5. The lowest BCUT2D eigenvalue weighted by Gasteiger charge is -2.31. The lowest BCUT2D eigenvalue weighted by Crippen LogP contribution is -2.64. The Balaban J connectivity index is 1.34. The molecule has 0 unspecified atom stereocenters. The van der Waals surface area contributed by atoms with Crippen LogP contribution in [0.5, 0.6) is 5.75 Å². The van der Waals surface area contributed by atoms with Gasteiger partial charge in [-0.15, -0.1) is 22.7 Å². The van der Waals surface area contributed by atoms with Gasteiger partial charge in [-0.2, -0.15) is 58.5 Å². The number of halogens is 9. The number of rotatable bonds is 18. The monoisotopic (exact) mass is 1340 g/mol. The summed E-state index contributed by atoms with van der Waals surface area (Å²) in [5, 5.41) is 9.97. The summed E-state index contributed by atoms with van der Waals surface area (Å²) < 4.78 is 218. The molecular formula is C61H40B2F9N7O7S5. The van der Waals surface area contributed by atoms with Gasteiger partial charge in [-0.05, 0) is 42.3 Å². The van der Waals surface area contributed by atoms with Crippen molar-refractivity contribution < 1.29 is 69.0 Å². The minimum atomic E-state index is -8.13. The molecule has 0 saturated heterocycles. The van der Waals surface area contributed by atoms with Crippen LogP contribution >= 0.6 is 22.7 Å². The number of thiazole rings is 2. The van der Waals surface area contributed by atoms with Crippen molar-refractivity contribution in [2.45, 2.75) is 41.7 Å². The van der Waals surface area contributed by atoms with Gasteiger partial charge in [0, 0.05) is 27.7 Å². The molecule has 11 rings (SSSR count). The van der Waals surface area contributed by atoms with Gasteiger partial charge in [0.15, 0.2) is 0 Å². The molecule has 460 valence electrons. The molecule has 0 aliphatic carbocycles. The second kappa shape index (κ2) is 23.6. The molecule has 0 atom stereocenters. The van der Waals surface area contributed by atoms with Crippen molar-refractivity contribution in [2.75, 3.05) is 0 Å². The smallest absolute Gasteiger partial charge is 0.378 e. The fourth-order valence-electron chi connectivity index (χ4n) is 10.8. The van der Waals surface area contributed by atoms with E-state index in [1.165, 1.54) is 6.07 Å². The maximum Gasteiger partial charge on any atom is 0.512 e. The topological polar surface area (TPSA) is 207 Å². The van der Waals surface area contributed by atoms with Crippen molar-refractivity contribution in [3.05, 3.63) is 221 Å². The molecule has 1 N–H and O–H groups in total. The summed E-state index contributed by atoms with van der Waals surface area (Å²) in [6.45, 7) is 1.76. The van der Waals surface area contributed by atoms with Crippen molar-refractivity contribution in [1.29, 1.82) is 10.5 Å². The molecule has 7 aromatic carbocycles. The number of hydrogen-bond donors (Lipinski definition) is 1. The highest BCUT2D eigenvalue weighted by molar-refractivity contribution is 8.05. The number of nitriles is 2. The van der Waals surface area contributed by atoms with Gasteiger partial charge < -0.3 is 13.1 Å². The highest BCUT2D eigenvalue weighted by Gasteiger charge is 2.83. The van der Waals surface area contributed by atoms with Gasteiger partial charge in [-0.1, -0.05) is 198 Å². The second-order valence-electron chi connectivity index (χ2n) is 20.7. The molecule has 0 bridgehead atoms. The fraction of sp³-hybridized carbons (Fsp3) is 0.115. The van der Waals surface area contributed by atoms with Crippen molar-refractivity contribution in [3.8, 4) is 29.1 Å². The summed E-state index contributed by atoms with van der Waals surface area (Å²) in [7, 11) is -23.4. The van der Waals surface area contributed by atoms with E-state index in [9.17, 15) is 48.9 Å². The third kappa shape index (κ3) is 10.9. The molecule has 0 aliphatic rings. The summed E-state index contributed by atoms with van der Waals surface area (Å²) >= 11 is 2.31. The zero-order chi connectivity index (χ0) is 65.2. The van der Waals surface area contributed by atoms with E-state index in [1.807, 2.05) is 66.9 Å². The van der Waals surface area contributed by atoms with Crippen molar-refractivity contribution in [3.63, 3.8) is 0 Å². The van der Waals surface area contributed by atoms with E-state index >= 15 is 26.3 Å². The molecule has 0 aliphatic heterocycles. The van der Waals surface area contributed by atoms with Crippen LogP contribution in [0.2, 0.25) is 0 Å². The second-order valence-corrected chi connectivity index (χ2v) is 28.0. The van der Waals surface area contributed by atoms with Crippen LogP contribution in [-0.4, -0.2) is 79.8 Å². The Kier molecular flexibility index (Phi) is 16.5. The maximum atomic E-state index is 16.1. The van der Waals surface area contributed by atoms with Gasteiger partial charge in [-0.25, -0.2) is 26.8 Å². The Morgan fingerprint density at radius 3 is 1.34 bits per heavy atom. The quantitative estimate of drug-likeness (QED) is 0.0486. The zero-order valence-corrected chi connectivity index (χ0v) is 50.8. The molecule has 0 radical (unpaired) electrons. The predicted molar refractivity (Wildman–Crippen MR) is 332 cm³/mol. The van der Waals surface area contributed by atoms with Crippen LogP contribution < -0.4 is 40.9 Å². The van der Waals surface area contributed by atoms with Crippen molar-refractivity contribution in [2.24, 2.45) is 0 Å². The first-order chi connectivity index (χ1) is 43.1. The molecule has 0 saturated carbocycles. The maximum absolute atomic E-state index is 16.1. The van der Waals surface area contributed by atoms with Gasteiger partial charge in [-0.3, -0.25) is 0 Å². The van der Waals surface area contributed by atoms with E-state index in [2.05, 4.69) is 16.3 Å². The van der Waals surface area contributed by atoms with Gasteiger partial charge in [0.25, 0.3) is 10.0 Å². The lowest BCUT2D eigenvalue weighted by molar-refractivity contribution is -0.245. The number of sulfonamides is 2. The molecule has 0 amide bonds. The minimum absolute atomic E-state index is 0.0598. The fourth-order valence-corrected chi connectivity index (χ4v) is 16.1. The molecular weight excluding hydrogens is 1300 g/mol. The van der Waals surface area contributed by atoms with E-state index in [-0.39, 0.29) is 53.9 Å². The third-order valence-corrected chi connectivity index (χ3v) is 21.4. The number of hydrogen-bond acceptors (Lipinski definition) is 13. The highest BCUT2D eigenvalue weighted by atomic mass is 32.3. The first-order valence-corrected chi connectivity index (χ1v) is 32.9. The van der Waals surface area contributed by atoms with Crippen molar-refractivity contribution >= 4 is 131 Å². The molecule has 11 aromatic rings. The van der Waals surface area contributed by atoms with E-state index in [0.29, 0.717) is 54.0 Å². The van der Waals surface area contributed by atoms with E-state index in [0.717, 1.165) is 34.8 Å². The van der Waals surface area contributed by atoms with Crippen LogP contribution in [0.4, 0.5) is 39.5 Å². The predicted octanol–water partition coefficient (Wildman–Crippen LogP) is 9.50. The average Bonchev–Trinajstić information content (AvgIpc) is 1.56. The molecule has 0 spiro atoms. The standard InChI is InChI=1S/C61H40B2F9N7O7S5/c1-37(2)52-50-51(55(45(36-74)57-76-47-31-16-18-33-49(47)88-57)78(52)62(39-21-7-3-8-22-39)40-23-9-4-10-24-40)53(38-20-19-29-43(34-38)86-91(84,85)60(68,69)58(64,65)59(66,67)89(80,81)77-90(82,83)61(70,71)72)79(63(41-25-11-5-12-26-41)42-27-13-6-14-28-42)54(50)44(35-73)56-75-46-30-15-17-32-48(46)87-56/h3-34,37,77H,1-2H3/b54-44-,55-45-. The number of alkyl halides is 9. The Morgan fingerprint density at radius 1 is 0.527 bits per heavy atom. The van der Waals surface area contributed by atoms with E-state index < -0.39 is 81.6 Å². The Morgan fingerprint density at radius 2 is 0.934 bits per heavy atom. The number of fused-ring (bicyclic) bond motifs is 3. The molecule has 14 nitrogen and oxygen atoms in total. The van der Waals surface area contributed by atoms with Crippen LogP contribution in [0.3, 0.4) is 0 Å². The number of para-hydroxylation sites is 2. The highest BCUT2D eigenvalue weighted by Crippen LogP contribution is 2.52. The molecule has 4 aromatic heterocycles.